The number of hydrogen-bond donors (Lipinski definition) is 0. The number of hydrogen-bond acceptors (Lipinski definition) is 6. The van der Waals surface area contributed by atoms with Crippen LogP contribution < -0.4 is 0 Å². The quantitative estimate of drug-likeness (QED) is 0.354. The lowest BCUT2D eigenvalue weighted by molar-refractivity contribution is 0.0654. The number of imide groups is 1. The molecule has 3 rings (SSSR count). The van der Waals surface area contributed by atoms with Gasteiger partial charge in [-0.05, 0) is 37.7 Å². The number of amides is 2. The molecule has 1 aliphatic heterocycles. The summed E-state index contributed by atoms with van der Waals surface area (Å²) in [5, 5.41) is -0.232. The van der Waals surface area contributed by atoms with Crippen LogP contribution >= 0.6 is 24.0 Å². The van der Waals surface area contributed by atoms with Gasteiger partial charge in [0, 0.05) is 23.8 Å². The van der Waals surface area contributed by atoms with Crippen molar-refractivity contribution in [1.29, 1.82) is 0 Å². The van der Waals surface area contributed by atoms with Crippen LogP contribution in [-0.4, -0.2) is 45.3 Å². The van der Waals surface area contributed by atoms with E-state index in [0.29, 0.717) is 40.5 Å². The number of Topliss-reactive ketones (excluding diaryl/α,β-unsaturated/α-hetero) is 1. The van der Waals surface area contributed by atoms with E-state index in [4.69, 9.17) is 17.0 Å². The fourth-order valence-corrected chi connectivity index (χ4v) is 4.59. The summed E-state index contributed by atoms with van der Waals surface area (Å²) >= 11 is 6.53. The van der Waals surface area contributed by atoms with E-state index in [0.717, 1.165) is 0 Å². The SMILES string of the molecule is CCOC(=S)SC(CCC(=O)c1ccccc1)CN1C(=O)c2ccccc2C1=O. The molecular formula is C22H21NO4S2. The number of rotatable bonds is 8. The van der Waals surface area contributed by atoms with Crippen molar-refractivity contribution in [2.75, 3.05) is 13.2 Å². The van der Waals surface area contributed by atoms with E-state index in [9.17, 15) is 14.4 Å². The maximum absolute atomic E-state index is 12.7. The van der Waals surface area contributed by atoms with Gasteiger partial charge < -0.3 is 4.74 Å². The second-order valence-electron chi connectivity index (χ2n) is 6.52. The summed E-state index contributed by atoms with van der Waals surface area (Å²) in [7, 11) is 0. The molecule has 0 saturated carbocycles. The molecule has 0 spiro atoms. The normalized spacial score (nSPS) is 13.9. The largest absolute Gasteiger partial charge is 0.479 e. The van der Waals surface area contributed by atoms with Gasteiger partial charge in [-0.25, -0.2) is 0 Å². The molecule has 0 saturated heterocycles. The van der Waals surface area contributed by atoms with Gasteiger partial charge in [-0.1, -0.05) is 54.2 Å². The number of carbonyl (C=O) groups excluding carboxylic acids is 3. The molecule has 1 aliphatic rings. The highest BCUT2D eigenvalue weighted by molar-refractivity contribution is 8.23. The van der Waals surface area contributed by atoms with Gasteiger partial charge in [0.2, 0.25) is 4.38 Å². The summed E-state index contributed by atoms with van der Waals surface area (Å²) in [5.41, 5.74) is 1.47. The molecule has 0 radical (unpaired) electrons. The number of thioether (sulfide) groups is 1. The first kappa shape index (κ1) is 21.2. The third-order valence-corrected chi connectivity index (χ3v) is 6.01. The molecule has 29 heavy (non-hydrogen) atoms. The van der Waals surface area contributed by atoms with E-state index in [2.05, 4.69) is 0 Å². The summed E-state index contributed by atoms with van der Waals surface area (Å²) in [6.07, 6.45) is 0.763. The molecule has 1 unspecified atom stereocenters. The van der Waals surface area contributed by atoms with Crippen LogP contribution in [0.5, 0.6) is 0 Å². The first-order valence-corrected chi connectivity index (χ1v) is 10.7. The van der Waals surface area contributed by atoms with Crippen LogP contribution in [0.1, 0.15) is 50.8 Å². The fraction of sp³-hybridized carbons (Fsp3) is 0.273. The third-order valence-electron chi connectivity index (χ3n) is 4.58. The van der Waals surface area contributed by atoms with Gasteiger partial charge in [-0.2, -0.15) is 0 Å². The van der Waals surface area contributed by atoms with Crippen molar-refractivity contribution in [3.8, 4) is 0 Å². The molecule has 2 aromatic rings. The summed E-state index contributed by atoms with van der Waals surface area (Å²) in [6.45, 7) is 2.45. The maximum atomic E-state index is 12.7. The van der Waals surface area contributed by atoms with Crippen LogP contribution in [0.2, 0.25) is 0 Å². The molecule has 2 aromatic carbocycles. The fourth-order valence-electron chi connectivity index (χ4n) is 3.14. The second kappa shape index (κ2) is 9.80. The number of ether oxygens (including phenoxy) is 1. The van der Waals surface area contributed by atoms with E-state index < -0.39 is 0 Å². The molecular weight excluding hydrogens is 406 g/mol. The topological polar surface area (TPSA) is 63.7 Å². The highest BCUT2D eigenvalue weighted by atomic mass is 32.2. The minimum atomic E-state index is -0.312. The summed E-state index contributed by atoms with van der Waals surface area (Å²) in [6, 6.07) is 15.8. The highest BCUT2D eigenvalue weighted by Crippen LogP contribution is 2.27. The highest BCUT2D eigenvalue weighted by Gasteiger charge is 2.36. The first-order valence-electron chi connectivity index (χ1n) is 9.38. The standard InChI is InChI=1S/C22H21NO4S2/c1-2-27-22(28)29-16(12-13-19(24)15-8-4-3-5-9-15)14-23-20(25)17-10-6-7-11-18(17)21(23)26/h3-11,16H,2,12-14H2,1H3. The summed E-state index contributed by atoms with van der Waals surface area (Å²) in [5.74, 6) is -0.610. The average Bonchev–Trinajstić information content (AvgIpc) is 2.97. The lowest BCUT2D eigenvalue weighted by Crippen LogP contribution is -2.36. The monoisotopic (exact) mass is 427 g/mol. The van der Waals surface area contributed by atoms with E-state index in [1.165, 1.54) is 16.7 Å². The van der Waals surface area contributed by atoms with Gasteiger partial charge in [0.15, 0.2) is 5.78 Å². The van der Waals surface area contributed by atoms with Crippen molar-refractivity contribution in [2.45, 2.75) is 25.0 Å². The molecule has 5 nitrogen and oxygen atoms in total. The van der Waals surface area contributed by atoms with Crippen LogP contribution in [0.25, 0.3) is 0 Å². The minimum absolute atomic E-state index is 0.0147. The molecule has 0 N–H and O–H groups in total. The van der Waals surface area contributed by atoms with Gasteiger partial charge in [-0.15, -0.1) is 0 Å². The molecule has 1 heterocycles. The van der Waals surface area contributed by atoms with Gasteiger partial charge >= 0.3 is 0 Å². The number of nitrogens with zero attached hydrogens (tertiary/aromatic N) is 1. The Bertz CT molecular complexity index is 894. The predicted octanol–water partition coefficient (Wildman–Crippen LogP) is 4.37. The molecule has 0 bridgehead atoms. The molecule has 2 amide bonds. The Morgan fingerprint density at radius 2 is 1.62 bits per heavy atom. The number of benzene rings is 2. The smallest absolute Gasteiger partial charge is 0.261 e. The zero-order valence-corrected chi connectivity index (χ0v) is 17.6. The van der Waals surface area contributed by atoms with Crippen molar-refractivity contribution in [3.05, 3.63) is 71.3 Å². The summed E-state index contributed by atoms with van der Waals surface area (Å²) < 4.78 is 5.71. The number of carbonyl (C=O) groups is 3. The molecule has 150 valence electrons. The Morgan fingerprint density at radius 3 is 2.21 bits per heavy atom. The van der Waals surface area contributed by atoms with Crippen LogP contribution in [-0.2, 0) is 4.74 Å². The molecule has 1 atom stereocenters. The second-order valence-corrected chi connectivity index (χ2v) is 8.42. The Kier molecular flexibility index (Phi) is 7.17. The van der Waals surface area contributed by atoms with Gasteiger partial charge in [0.25, 0.3) is 11.8 Å². The molecule has 7 heteroatoms. The van der Waals surface area contributed by atoms with Crippen molar-refractivity contribution >= 4 is 46.0 Å². The van der Waals surface area contributed by atoms with E-state index >= 15 is 0 Å². The van der Waals surface area contributed by atoms with Crippen LogP contribution in [0.3, 0.4) is 0 Å². The van der Waals surface area contributed by atoms with E-state index in [1.54, 1.807) is 36.4 Å². The molecule has 0 fully saturated rings. The zero-order valence-electron chi connectivity index (χ0n) is 16.0. The lowest BCUT2D eigenvalue weighted by Gasteiger charge is -2.22. The van der Waals surface area contributed by atoms with Crippen molar-refractivity contribution in [2.24, 2.45) is 0 Å². The number of ketones is 1. The lowest BCUT2D eigenvalue weighted by atomic mass is 10.1. The van der Waals surface area contributed by atoms with E-state index in [1.807, 2.05) is 25.1 Å². The molecule has 0 aromatic heterocycles. The Morgan fingerprint density at radius 1 is 1.03 bits per heavy atom. The first-order chi connectivity index (χ1) is 14.0. The van der Waals surface area contributed by atoms with Gasteiger partial charge in [0.05, 0.1) is 17.7 Å². The van der Waals surface area contributed by atoms with Crippen LogP contribution in [0.15, 0.2) is 54.6 Å². The van der Waals surface area contributed by atoms with Crippen LogP contribution in [0, 0.1) is 0 Å². The van der Waals surface area contributed by atoms with Crippen molar-refractivity contribution in [1.82, 2.24) is 4.90 Å². The summed E-state index contributed by atoms with van der Waals surface area (Å²) in [4.78, 5) is 39.1. The minimum Gasteiger partial charge on any atom is -0.479 e. The third kappa shape index (κ3) is 5.10. The number of thiocarbonyl (C=S) groups is 1. The van der Waals surface area contributed by atoms with Gasteiger partial charge in [0.1, 0.15) is 0 Å². The van der Waals surface area contributed by atoms with E-state index in [-0.39, 0.29) is 29.4 Å². The maximum Gasteiger partial charge on any atom is 0.261 e. The Hall–Kier alpha value is -2.51. The average molecular weight is 428 g/mol. The number of fused-ring (bicyclic) bond motifs is 1. The Labute approximate surface area is 179 Å². The van der Waals surface area contributed by atoms with Crippen molar-refractivity contribution < 1.29 is 19.1 Å². The molecule has 0 aliphatic carbocycles. The zero-order chi connectivity index (χ0) is 20.8. The van der Waals surface area contributed by atoms with Gasteiger partial charge in [-0.3, -0.25) is 19.3 Å². The van der Waals surface area contributed by atoms with Crippen molar-refractivity contribution in [3.63, 3.8) is 0 Å². The van der Waals surface area contributed by atoms with Crippen LogP contribution in [0.4, 0.5) is 0 Å². The predicted molar refractivity (Wildman–Crippen MR) is 117 cm³/mol. The Balaban J connectivity index is 1.70.